The minimum Gasteiger partial charge on any atom is -0.390 e. The van der Waals surface area contributed by atoms with Crippen LogP contribution in [0, 0.1) is 24.6 Å². The van der Waals surface area contributed by atoms with Crippen LogP contribution in [0.5, 0.6) is 0 Å². The molecule has 1 aromatic rings. The molecular formula is C17H25FO. The smallest absolute Gasteiger partial charge is 0.123 e. The second-order valence-electron chi connectivity index (χ2n) is 6.55. The van der Waals surface area contributed by atoms with Gasteiger partial charge in [-0.25, -0.2) is 4.39 Å². The zero-order valence-electron chi connectivity index (χ0n) is 12.2. The summed E-state index contributed by atoms with van der Waals surface area (Å²) in [7, 11) is 0. The van der Waals surface area contributed by atoms with Crippen LogP contribution in [0.15, 0.2) is 18.2 Å². The lowest BCUT2D eigenvalue weighted by Crippen LogP contribution is -2.37. The minimum absolute atomic E-state index is 0.208. The number of hydrogen-bond acceptors (Lipinski definition) is 1. The number of rotatable bonds is 3. The van der Waals surface area contributed by atoms with E-state index in [1.807, 2.05) is 6.92 Å². The Bertz CT molecular complexity index is 431. The van der Waals surface area contributed by atoms with Gasteiger partial charge in [0.1, 0.15) is 5.82 Å². The second kappa shape index (κ2) is 5.62. The van der Waals surface area contributed by atoms with E-state index >= 15 is 0 Å². The fraction of sp³-hybridized carbons (Fsp3) is 0.647. The molecule has 0 spiro atoms. The summed E-state index contributed by atoms with van der Waals surface area (Å²) in [6.07, 6.45) is 4.43. The van der Waals surface area contributed by atoms with E-state index in [2.05, 4.69) is 13.8 Å². The number of aryl methyl sites for hydroxylation is 1. The van der Waals surface area contributed by atoms with Crippen LogP contribution in [-0.4, -0.2) is 10.7 Å². The van der Waals surface area contributed by atoms with Gasteiger partial charge in [-0.2, -0.15) is 0 Å². The van der Waals surface area contributed by atoms with Crippen molar-refractivity contribution < 1.29 is 9.50 Å². The molecule has 0 saturated heterocycles. The zero-order valence-corrected chi connectivity index (χ0v) is 12.2. The van der Waals surface area contributed by atoms with Crippen molar-refractivity contribution in [1.82, 2.24) is 0 Å². The first-order valence-corrected chi connectivity index (χ1v) is 7.37. The van der Waals surface area contributed by atoms with E-state index in [4.69, 9.17) is 0 Å². The monoisotopic (exact) mass is 264 g/mol. The van der Waals surface area contributed by atoms with E-state index in [1.165, 1.54) is 6.07 Å². The van der Waals surface area contributed by atoms with Crippen LogP contribution < -0.4 is 0 Å². The predicted octanol–water partition coefficient (Wildman–Crippen LogP) is 4.25. The van der Waals surface area contributed by atoms with E-state index in [1.54, 1.807) is 12.1 Å². The van der Waals surface area contributed by atoms with Crippen LogP contribution in [0.2, 0.25) is 0 Å². The molecule has 0 aliphatic heterocycles. The molecular weight excluding hydrogens is 239 g/mol. The van der Waals surface area contributed by atoms with E-state index in [9.17, 15) is 9.50 Å². The van der Waals surface area contributed by atoms with Gasteiger partial charge in [0.05, 0.1) is 5.60 Å². The van der Waals surface area contributed by atoms with Gasteiger partial charge in [-0.15, -0.1) is 0 Å². The Hall–Kier alpha value is -0.890. The minimum atomic E-state index is -0.635. The highest BCUT2D eigenvalue weighted by Gasteiger charge is 2.34. The Morgan fingerprint density at radius 2 is 1.95 bits per heavy atom. The molecule has 2 heteroatoms. The summed E-state index contributed by atoms with van der Waals surface area (Å²) < 4.78 is 13.3. The van der Waals surface area contributed by atoms with E-state index in [-0.39, 0.29) is 5.82 Å². The second-order valence-corrected chi connectivity index (χ2v) is 6.55. The van der Waals surface area contributed by atoms with Gasteiger partial charge < -0.3 is 5.11 Å². The van der Waals surface area contributed by atoms with Crippen LogP contribution in [0.4, 0.5) is 4.39 Å². The average Bonchev–Trinajstić information content (AvgIpc) is 2.34. The third kappa shape index (κ3) is 3.56. The van der Waals surface area contributed by atoms with Crippen molar-refractivity contribution in [2.45, 2.75) is 58.5 Å². The van der Waals surface area contributed by atoms with Gasteiger partial charge in [0.2, 0.25) is 0 Å². The summed E-state index contributed by atoms with van der Waals surface area (Å²) in [5.74, 6) is 1.22. The van der Waals surface area contributed by atoms with Crippen molar-refractivity contribution in [3.8, 4) is 0 Å². The molecule has 0 bridgehead atoms. The summed E-state index contributed by atoms with van der Waals surface area (Å²) in [5.41, 5.74) is 1.38. The molecule has 2 rings (SSSR count). The number of halogens is 1. The van der Waals surface area contributed by atoms with Crippen molar-refractivity contribution >= 4 is 0 Å². The quantitative estimate of drug-likeness (QED) is 0.865. The molecule has 0 aromatic heterocycles. The first-order chi connectivity index (χ1) is 8.89. The normalized spacial score (nSPS) is 27.8. The molecule has 19 heavy (non-hydrogen) atoms. The van der Waals surface area contributed by atoms with Crippen LogP contribution in [0.3, 0.4) is 0 Å². The maximum Gasteiger partial charge on any atom is 0.123 e. The summed E-state index contributed by atoms with van der Waals surface area (Å²) in [6, 6.07) is 4.86. The van der Waals surface area contributed by atoms with Crippen molar-refractivity contribution in [1.29, 1.82) is 0 Å². The van der Waals surface area contributed by atoms with Crippen LogP contribution in [0.25, 0.3) is 0 Å². The van der Waals surface area contributed by atoms with Crippen molar-refractivity contribution in [3.05, 3.63) is 35.1 Å². The molecule has 1 aromatic carbocycles. The topological polar surface area (TPSA) is 20.2 Å². The number of hydrogen-bond donors (Lipinski definition) is 1. The lowest BCUT2D eigenvalue weighted by atomic mass is 9.72. The molecule has 106 valence electrons. The standard InChI is InChI=1S/C17H25FO/c1-12(2)14-6-8-17(19,9-7-14)11-15-10-16(18)5-4-13(15)3/h4-5,10,12,14,19H,6-9,11H2,1-3H3. The van der Waals surface area contributed by atoms with Gasteiger partial charge in [-0.05, 0) is 67.7 Å². The lowest BCUT2D eigenvalue weighted by molar-refractivity contribution is -0.0147. The Labute approximate surface area is 115 Å². The van der Waals surface area contributed by atoms with E-state index in [0.29, 0.717) is 12.3 Å². The van der Waals surface area contributed by atoms with Crippen LogP contribution >= 0.6 is 0 Å². The van der Waals surface area contributed by atoms with E-state index in [0.717, 1.165) is 42.7 Å². The van der Waals surface area contributed by atoms with Gasteiger partial charge >= 0.3 is 0 Å². The van der Waals surface area contributed by atoms with Gasteiger partial charge in [0.15, 0.2) is 0 Å². The molecule has 0 amide bonds. The Morgan fingerprint density at radius 3 is 2.53 bits per heavy atom. The Morgan fingerprint density at radius 1 is 1.32 bits per heavy atom. The first kappa shape index (κ1) is 14.5. The van der Waals surface area contributed by atoms with E-state index < -0.39 is 5.60 Å². The third-order valence-corrected chi connectivity index (χ3v) is 4.73. The van der Waals surface area contributed by atoms with Gasteiger partial charge in [0.25, 0.3) is 0 Å². The molecule has 0 unspecified atom stereocenters. The number of benzene rings is 1. The molecule has 1 aliphatic carbocycles. The maximum atomic E-state index is 13.3. The highest BCUT2D eigenvalue weighted by molar-refractivity contribution is 5.28. The van der Waals surface area contributed by atoms with Crippen LogP contribution in [-0.2, 0) is 6.42 Å². The Balaban J connectivity index is 2.05. The Kier molecular flexibility index (Phi) is 4.29. The van der Waals surface area contributed by atoms with Crippen molar-refractivity contribution in [2.24, 2.45) is 11.8 Å². The average molecular weight is 264 g/mol. The van der Waals surface area contributed by atoms with Gasteiger partial charge in [-0.1, -0.05) is 19.9 Å². The molecule has 0 heterocycles. The van der Waals surface area contributed by atoms with Crippen LogP contribution in [0.1, 0.15) is 50.7 Å². The summed E-state index contributed by atoms with van der Waals surface area (Å²) in [4.78, 5) is 0. The van der Waals surface area contributed by atoms with Gasteiger partial charge in [0, 0.05) is 6.42 Å². The third-order valence-electron chi connectivity index (χ3n) is 4.73. The fourth-order valence-corrected chi connectivity index (χ4v) is 3.21. The molecule has 0 radical (unpaired) electrons. The highest BCUT2D eigenvalue weighted by atomic mass is 19.1. The fourth-order valence-electron chi connectivity index (χ4n) is 3.21. The maximum absolute atomic E-state index is 13.3. The number of aliphatic hydroxyl groups is 1. The van der Waals surface area contributed by atoms with Crippen molar-refractivity contribution in [3.63, 3.8) is 0 Å². The SMILES string of the molecule is Cc1ccc(F)cc1CC1(O)CCC(C(C)C)CC1. The predicted molar refractivity (Wildman–Crippen MR) is 76.6 cm³/mol. The largest absolute Gasteiger partial charge is 0.390 e. The molecule has 1 fully saturated rings. The molecule has 0 atom stereocenters. The summed E-state index contributed by atoms with van der Waals surface area (Å²) in [6.45, 7) is 6.50. The molecule has 1 aliphatic rings. The summed E-state index contributed by atoms with van der Waals surface area (Å²) in [5, 5.41) is 10.7. The first-order valence-electron chi connectivity index (χ1n) is 7.37. The molecule has 1 nitrogen and oxygen atoms in total. The van der Waals surface area contributed by atoms with Crippen molar-refractivity contribution in [2.75, 3.05) is 0 Å². The van der Waals surface area contributed by atoms with Gasteiger partial charge in [-0.3, -0.25) is 0 Å². The highest BCUT2D eigenvalue weighted by Crippen LogP contribution is 2.38. The molecule has 1 saturated carbocycles. The molecule has 1 N–H and O–H groups in total. The zero-order chi connectivity index (χ0) is 14.0. The lowest BCUT2D eigenvalue weighted by Gasteiger charge is -2.38. The summed E-state index contributed by atoms with van der Waals surface area (Å²) >= 11 is 0.